The van der Waals surface area contributed by atoms with Gasteiger partial charge >= 0.3 is 0 Å². The Hall–Kier alpha value is -1.51. The zero-order chi connectivity index (χ0) is 12.1. The van der Waals surface area contributed by atoms with Crippen molar-refractivity contribution >= 4 is 11.6 Å². The highest BCUT2D eigenvalue weighted by Crippen LogP contribution is 2.21. The van der Waals surface area contributed by atoms with Crippen molar-refractivity contribution in [2.75, 3.05) is 13.1 Å². The van der Waals surface area contributed by atoms with E-state index in [9.17, 15) is 0 Å². The number of likely N-dealkylation sites (tertiary alicyclic amines) is 1. The van der Waals surface area contributed by atoms with Gasteiger partial charge in [0.05, 0.1) is 5.69 Å². The highest BCUT2D eigenvalue weighted by Gasteiger charge is 2.22. The van der Waals surface area contributed by atoms with Crippen molar-refractivity contribution in [1.82, 2.24) is 4.90 Å². The lowest BCUT2D eigenvalue weighted by atomic mass is 10.0. The molecule has 0 radical (unpaired) electrons. The molecule has 92 valence electrons. The van der Waals surface area contributed by atoms with Gasteiger partial charge in [0.15, 0.2) is 5.96 Å². The average Bonchev–Trinajstić information content (AvgIpc) is 2.79. The number of nitrogens with zero attached hydrogens (tertiary/aromatic N) is 2. The van der Waals surface area contributed by atoms with Gasteiger partial charge in [0.25, 0.3) is 0 Å². The summed E-state index contributed by atoms with van der Waals surface area (Å²) in [5, 5.41) is 0. The standard InChI is InChI=1S/C14H21N3/c1-2-6-12-9-10-17(11-12)14(15)16-13-7-4-3-5-8-13/h3-5,7-8,12H,2,6,9-11H2,1H3,(H2,15,16). The van der Waals surface area contributed by atoms with E-state index in [-0.39, 0.29) is 0 Å². The molecule has 3 nitrogen and oxygen atoms in total. The minimum absolute atomic E-state index is 0.662. The second-order valence-electron chi connectivity index (χ2n) is 4.69. The zero-order valence-corrected chi connectivity index (χ0v) is 10.5. The molecule has 17 heavy (non-hydrogen) atoms. The van der Waals surface area contributed by atoms with Crippen LogP contribution in [-0.4, -0.2) is 23.9 Å². The summed E-state index contributed by atoms with van der Waals surface area (Å²) in [7, 11) is 0. The Bertz CT molecular complexity index is 372. The summed E-state index contributed by atoms with van der Waals surface area (Å²) in [6.45, 7) is 4.35. The van der Waals surface area contributed by atoms with Crippen molar-refractivity contribution < 1.29 is 0 Å². The van der Waals surface area contributed by atoms with E-state index >= 15 is 0 Å². The summed E-state index contributed by atoms with van der Waals surface area (Å²) in [6, 6.07) is 9.91. The van der Waals surface area contributed by atoms with E-state index in [0.29, 0.717) is 5.96 Å². The van der Waals surface area contributed by atoms with Gasteiger partial charge in [0.2, 0.25) is 0 Å². The third-order valence-corrected chi connectivity index (χ3v) is 3.31. The Kier molecular flexibility index (Phi) is 4.02. The van der Waals surface area contributed by atoms with E-state index in [1.807, 2.05) is 30.3 Å². The molecule has 1 unspecified atom stereocenters. The fraction of sp³-hybridized carbons (Fsp3) is 0.500. The number of guanidine groups is 1. The van der Waals surface area contributed by atoms with Gasteiger partial charge < -0.3 is 10.6 Å². The molecule has 1 atom stereocenters. The van der Waals surface area contributed by atoms with E-state index < -0.39 is 0 Å². The molecule has 1 aliphatic heterocycles. The SMILES string of the molecule is CCCC1CCN(C(N)=Nc2ccccc2)C1. The van der Waals surface area contributed by atoms with Crippen LogP contribution in [0.25, 0.3) is 0 Å². The number of hydrogen-bond donors (Lipinski definition) is 1. The summed E-state index contributed by atoms with van der Waals surface area (Å²) in [5.41, 5.74) is 6.98. The first kappa shape index (κ1) is 12.0. The number of rotatable bonds is 3. The first-order valence-electron chi connectivity index (χ1n) is 6.43. The molecule has 0 spiro atoms. The molecular weight excluding hydrogens is 210 g/mol. The van der Waals surface area contributed by atoms with Crippen LogP contribution in [0.1, 0.15) is 26.2 Å². The lowest BCUT2D eigenvalue weighted by Crippen LogP contribution is -2.35. The molecule has 1 aliphatic rings. The molecule has 0 bridgehead atoms. The van der Waals surface area contributed by atoms with Crippen LogP contribution in [0.15, 0.2) is 35.3 Å². The van der Waals surface area contributed by atoms with Crippen molar-refractivity contribution in [1.29, 1.82) is 0 Å². The smallest absolute Gasteiger partial charge is 0.196 e. The molecular formula is C14H21N3. The monoisotopic (exact) mass is 231 g/mol. The van der Waals surface area contributed by atoms with E-state index in [0.717, 1.165) is 24.7 Å². The van der Waals surface area contributed by atoms with Gasteiger partial charge in [0.1, 0.15) is 0 Å². The summed E-state index contributed by atoms with van der Waals surface area (Å²) < 4.78 is 0. The number of nitrogens with two attached hydrogens (primary N) is 1. The largest absolute Gasteiger partial charge is 0.369 e. The van der Waals surface area contributed by atoms with Crippen LogP contribution in [0.2, 0.25) is 0 Å². The zero-order valence-electron chi connectivity index (χ0n) is 10.5. The van der Waals surface area contributed by atoms with Gasteiger partial charge in [-0.15, -0.1) is 0 Å². The van der Waals surface area contributed by atoms with Crippen LogP contribution < -0.4 is 5.73 Å². The van der Waals surface area contributed by atoms with E-state index in [1.54, 1.807) is 0 Å². The second-order valence-corrected chi connectivity index (χ2v) is 4.69. The number of hydrogen-bond acceptors (Lipinski definition) is 1. The average molecular weight is 231 g/mol. The highest BCUT2D eigenvalue weighted by molar-refractivity contribution is 5.81. The third kappa shape index (κ3) is 3.22. The summed E-state index contributed by atoms with van der Waals surface area (Å²) in [5.74, 6) is 1.46. The van der Waals surface area contributed by atoms with Crippen LogP contribution in [0.4, 0.5) is 5.69 Å². The highest BCUT2D eigenvalue weighted by atomic mass is 15.3. The van der Waals surface area contributed by atoms with Gasteiger partial charge in [-0.2, -0.15) is 0 Å². The topological polar surface area (TPSA) is 41.6 Å². The molecule has 1 fully saturated rings. The Labute approximate surface area is 103 Å². The minimum Gasteiger partial charge on any atom is -0.369 e. The molecule has 1 heterocycles. The lowest BCUT2D eigenvalue weighted by Gasteiger charge is -2.17. The van der Waals surface area contributed by atoms with Crippen molar-refractivity contribution in [3.63, 3.8) is 0 Å². The minimum atomic E-state index is 0.662. The van der Waals surface area contributed by atoms with Gasteiger partial charge in [-0.1, -0.05) is 31.5 Å². The molecule has 1 aromatic carbocycles. The van der Waals surface area contributed by atoms with Gasteiger partial charge in [-0.3, -0.25) is 0 Å². The fourth-order valence-electron chi connectivity index (χ4n) is 2.39. The maximum Gasteiger partial charge on any atom is 0.196 e. The Morgan fingerprint density at radius 2 is 2.18 bits per heavy atom. The molecule has 2 N–H and O–H groups in total. The molecule has 0 aliphatic carbocycles. The third-order valence-electron chi connectivity index (χ3n) is 3.31. The van der Waals surface area contributed by atoms with Crippen LogP contribution >= 0.6 is 0 Å². The maximum absolute atomic E-state index is 6.05. The predicted molar refractivity (Wildman–Crippen MR) is 72.3 cm³/mol. The van der Waals surface area contributed by atoms with Gasteiger partial charge in [-0.25, -0.2) is 4.99 Å². The summed E-state index contributed by atoms with van der Waals surface area (Å²) >= 11 is 0. The normalized spacial score (nSPS) is 20.9. The first-order valence-corrected chi connectivity index (χ1v) is 6.43. The predicted octanol–water partition coefficient (Wildman–Crippen LogP) is 2.75. The molecule has 1 aromatic rings. The number of para-hydroxylation sites is 1. The van der Waals surface area contributed by atoms with Crippen LogP contribution in [0.3, 0.4) is 0 Å². The van der Waals surface area contributed by atoms with Gasteiger partial charge in [0, 0.05) is 13.1 Å². The van der Waals surface area contributed by atoms with Crippen molar-refractivity contribution in [3.05, 3.63) is 30.3 Å². The molecule has 2 rings (SSSR count). The van der Waals surface area contributed by atoms with Crippen LogP contribution in [0.5, 0.6) is 0 Å². The second kappa shape index (κ2) is 5.71. The molecule has 3 heteroatoms. The van der Waals surface area contributed by atoms with Crippen molar-refractivity contribution in [2.24, 2.45) is 16.6 Å². The Morgan fingerprint density at radius 1 is 1.41 bits per heavy atom. The van der Waals surface area contributed by atoms with Crippen LogP contribution in [-0.2, 0) is 0 Å². The first-order chi connectivity index (χ1) is 8.29. The number of aliphatic imine (C=N–C) groups is 1. The Morgan fingerprint density at radius 3 is 2.88 bits per heavy atom. The summed E-state index contributed by atoms with van der Waals surface area (Å²) in [4.78, 5) is 6.66. The quantitative estimate of drug-likeness (QED) is 0.642. The molecule has 0 saturated carbocycles. The van der Waals surface area contributed by atoms with Crippen molar-refractivity contribution in [2.45, 2.75) is 26.2 Å². The summed E-state index contributed by atoms with van der Waals surface area (Å²) in [6.07, 6.45) is 3.81. The maximum atomic E-state index is 6.05. The van der Waals surface area contributed by atoms with Crippen LogP contribution in [0, 0.1) is 5.92 Å². The molecule has 1 saturated heterocycles. The lowest BCUT2D eigenvalue weighted by molar-refractivity contribution is 0.455. The van der Waals surface area contributed by atoms with Crippen molar-refractivity contribution in [3.8, 4) is 0 Å². The van der Waals surface area contributed by atoms with E-state index in [2.05, 4.69) is 16.8 Å². The van der Waals surface area contributed by atoms with E-state index in [4.69, 9.17) is 5.73 Å². The van der Waals surface area contributed by atoms with Gasteiger partial charge in [-0.05, 0) is 30.9 Å². The molecule has 0 amide bonds. The fourth-order valence-corrected chi connectivity index (χ4v) is 2.39. The number of benzene rings is 1. The molecule has 0 aromatic heterocycles. The van der Waals surface area contributed by atoms with E-state index in [1.165, 1.54) is 19.3 Å². The Balaban J connectivity index is 1.97.